The number of phenols is 6. The summed E-state index contributed by atoms with van der Waals surface area (Å²) in [6, 6.07) is 14.9. The molecule has 1 aliphatic heterocycles. The Morgan fingerprint density at radius 2 is 1.32 bits per heavy atom. The van der Waals surface area contributed by atoms with Crippen molar-refractivity contribution >= 4 is 16.8 Å². The van der Waals surface area contributed by atoms with Gasteiger partial charge in [0.1, 0.15) is 51.9 Å². The predicted octanol–water partition coefficient (Wildman–Crippen LogP) is 4.60. The molecule has 1 aliphatic rings. The highest BCUT2D eigenvalue weighted by Crippen LogP contribution is 2.50. The maximum Gasteiger partial charge on any atom is 0.205 e. The molecule has 6 rings (SSSR count). The van der Waals surface area contributed by atoms with Gasteiger partial charge in [0.15, 0.2) is 11.3 Å². The van der Waals surface area contributed by atoms with Crippen molar-refractivity contribution in [1.82, 2.24) is 0 Å². The van der Waals surface area contributed by atoms with Crippen molar-refractivity contribution in [3.05, 3.63) is 89.0 Å². The summed E-state index contributed by atoms with van der Waals surface area (Å²) in [5, 5.41) is 72.1. The van der Waals surface area contributed by atoms with E-state index >= 15 is 0 Å². The molecule has 0 spiro atoms. The third kappa shape index (κ3) is 3.98. The van der Waals surface area contributed by atoms with Gasteiger partial charge >= 0.3 is 0 Å². The highest BCUT2D eigenvalue weighted by molar-refractivity contribution is 6.23. The first-order chi connectivity index (χ1) is 19.1. The average Bonchev–Trinajstić information content (AvgIpc) is 3.30. The maximum atomic E-state index is 14.1. The number of hydrogen-bond donors (Lipinski definition) is 7. The summed E-state index contributed by atoms with van der Waals surface area (Å²) in [5.41, 5.74) is 0.423. The van der Waals surface area contributed by atoms with Crippen LogP contribution in [-0.4, -0.2) is 47.6 Å². The quantitative estimate of drug-likeness (QED) is 0.159. The molecule has 5 aromatic rings. The van der Waals surface area contributed by atoms with Crippen LogP contribution in [0.25, 0.3) is 22.3 Å². The number of furan rings is 1. The molecule has 0 bridgehead atoms. The van der Waals surface area contributed by atoms with Gasteiger partial charge in [-0.3, -0.25) is 4.79 Å². The van der Waals surface area contributed by atoms with Gasteiger partial charge in [0, 0.05) is 29.7 Å². The highest BCUT2D eigenvalue weighted by Gasteiger charge is 2.37. The summed E-state index contributed by atoms with van der Waals surface area (Å²) >= 11 is 0. The van der Waals surface area contributed by atoms with E-state index in [0.717, 1.165) is 12.1 Å². The molecule has 2 atom stereocenters. The molecule has 40 heavy (non-hydrogen) atoms. The standard InChI is InChI=1S/C30H22O10/c31-16-5-1-13(2-6-16)27-21(36)9-15-10-22(37)30-25(29(15)39-27)24(28(40-30)14-3-7-17(32)8-4-14)26(38)23-19(34)11-18(33)12-20(23)35/h1-8,10-12,21,27,31-37H,9H2/t21-,27+/m0/s1. The Labute approximate surface area is 225 Å². The van der Waals surface area contributed by atoms with Crippen LogP contribution in [0.3, 0.4) is 0 Å². The zero-order valence-corrected chi connectivity index (χ0v) is 20.6. The molecule has 202 valence electrons. The number of benzene rings is 4. The largest absolute Gasteiger partial charge is 0.508 e. The second-order valence-electron chi connectivity index (χ2n) is 9.53. The Balaban J connectivity index is 1.64. The number of aliphatic hydroxyl groups is 1. The molecule has 0 fully saturated rings. The molecular formula is C30H22O10. The van der Waals surface area contributed by atoms with Crippen molar-refractivity contribution in [2.24, 2.45) is 0 Å². The van der Waals surface area contributed by atoms with Gasteiger partial charge in [0.2, 0.25) is 5.78 Å². The Hall–Kier alpha value is -5.35. The van der Waals surface area contributed by atoms with Crippen LogP contribution in [0.4, 0.5) is 0 Å². The molecular weight excluding hydrogens is 520 g/mol. The summed E-state index contributed by atoms with van der Waals surface area (Å²) in [7, 11) is 0. The summed E-state index contributed by atoms with van der Waals surface area (Å²) in [6.45, 7) is 0. The van der Waals surface area contributed by atoms with Crippen molar-refractivity contribution in [2.45, 2.75) is 18.6 Å². The molecule has 4 aromatic carbocycles. The van der Waals surface area contributed by atoms with Crippen LogP contribution in [0, 0.1) is 0 Å². The van der Waals surface area contributed by atoms with E-state index < -0.39 is 40.8 Å². The molecule has 0 aliphatic carbocycles. The number of hydrogen-bond acceptors (Lipinski definition) is 10. The van der Waals surface area contributed by atoms with E-state index in [1.165, 1.54) is 42.5 Å². The van der Waals surface area contributed by atoms with Gasteiger partial charge in [0.25, 0.3) is 0 Å². The first kappa shape index (κ1) is 25.0. The van der Waals surface area contributed by atoms with E-state index in [2.05, 4.69) is 0 Å². The van der Waals surface area contributed by atoms with Crippen LogP contribution >= 0.6 is 0 Å². The summed E-state index contributed by atoms with van der Waals surface area (Å²) < 4.78 is 12.3. The third-order valence-electron chi connectivity index (χ3n) is 6.88. The van der Waals surface area contributed by atoms with Gasteiger partial charge in [-0.1, -0.05) is 12.1 Å². The molecule has 0 unspecified atom stereocenters. The van der Waals surface area contributed by atoms with Gasteiger partial charge in [-0.25, -0.2) is 0 Å². The SMILES string of the molecule is O=C(c1c(O)cc(O)cc1O)c1c(-c2ccc(O)cc2)oc2c(O)cc3c(c12)O[C@H](c1ccc(O)cc1)[C@@H](O)C3. The van der Waals surface area contributed by atoms with Gasteiger partial charge in [-0.05, 0) is 48.0 Å². The number of rotatable bonds is 4. The van der Waals surface area contributed by atoms with E-state index in [4.69, 9.17) is 9.15 Å². The average molecular weight is 542 g/mol. The van der Waals surface area contributed by atoms with Crippen molar-refractivity contribution < 1.29 is 49.7 Å². The molecule has 7 N–H and O–H groups in total. The highest BCUT2D eigenvalue weighted by atomic mass is 16.5. The first-order valence-corrected chi connectivity index (χ1v) is 12.2. The molecule has 2 heterocycles. The lowest BCUT2D eigenvalue weighted by Crippen LogP contribution is -2.30. The molecule has 0 radical (unpaired) electrons. The Morgan fingerprint density at radius 1 is 0.725 bits per heavy atom. The number of ketones is 1. The lowest BCUT2D eigenvalue weighted by molar-refractivity contribution is 0.0219. The molecule has 1 aromatic heterocycles. The van der Waals surface area contributed by atoms with E-state index in [1.807, 2.05) is 0 Å². The van der Waals surface area contributed by atoms with E-state index in [-0.39, 0.29) is 51.7 Å². The third-order valence-corrected chi connectivity index (χ3v) is 6.88. The van der Waals surface area contributed by atoms with Crippen LogP contribution in [-0.2, 0) is 6.42 Å². The van der Waals surface area contributed by atoms with Crippen molar-refractivity contribution in [3.63, 3.8) is 0 Å². The van der Waals surface area contributed by atoms with Crippen LogP contribution in [0.15, 0.2) is 71.1 Å². The normalized spacial score (nSPS) is 16.4. The number of carbonyl (C=O) groups is 1. The van der Waals surface area contributed by atoms with Gasteiger partial charge < -0.3 is 44.9 Å². The van der Waals surface area contributed by atoms with E-state index in [9.17, 15) is 40.5 Å². The van der Waals surface area contributed by atoms with Crippen LogP contribution in [0.5, 0.6) is 40.2 Å². The predicted molar refractivity (Wildman–Crippen MR) is 141 cm³/mol. The zero-order valence-electron chi connectivity index (χ0n) is 20.6. The molecule has 10 heteroatoms. The lowest BCUT2D eigenvalue weighted by Gasteiger charge is -2.31. The molecule has 0 amide bonds. The fourth-order valence-electron chi connectivity index (χ4n) is 5.05. The monoisotopic (exact) mass is 542 g/mol. The fraction of sp³-hybridized carbons (Fsp3) is 0.100. The van der Waals surface area contributed by atoms with Gasteiger partial charge in [-0.15, -0.1) is 0 Å². The minimum Gasteiger partial charge on any atom is -0.508 e. The number of aliphatic hydroxyl groups excluding tert-OH is 1. The minimum absolute atomic E-state index is 0.0246. The zero-order chi connectivity index (χ0) is 28.3. The number of phenolic OH excluding ortho intramolecular Hbond substituents is 6. The van der Waals surface area contributed by atoms with Crippen molar-refractivity contribution in [1.29, 1.82) is 0 Å². The van der Waals surface area contributed by atoms with Crippen molar-refractivity contribution in [3.8, 4) is 51.6 Å². The Morgan fingerprint density at radius 3 is 1.95 bits per heavy atom. The fourth-order valence-corrected chi connectivity index (χ4v) is 5.05. The Bertz CT molecular complexity index is 1760. The second kappa shape index (κ2) is 9.14. The second-order valence-corrected chi connectivity index (χ2v) is 9.53. The summed E-state index contributed by atoms with van der Waals surface area (Å²) in [5.74, 6) is -3.04. The summed E-state index contributed by atoms with van der Waals surface area (Å²) in [4.78, 5) is 14.1. The number of ether oxygens (including phenoxy) is 1. The van der Waals surface area contributed by atoms with E-state index in [0.29, 0.717) is 16.7 Å². The maximum absolute atomic E-state index is 14.1. The molecule has 0 saturated carbocycles. The van der Waals surface area contributed by atoms with Crippen LogP contribution < -0.4 is 4.74 Å². The minimum atomic E-state index is -1.04. The van der Waals surface area contributed by atoms with Crippen molar-refractivity contribution in [2.75, 3.05) is 0 Å². The number of fused-ring (bicyclic) bond motifs is 3. The lowest BCUT2D eigenvalue weighted by atomic mass is 9.90. The Kier molecular flexibility index (Phi) is 5.70. The van der Waals surface area contributed by atoms with Gasteiger partial charge in [-0.2, -0.15) is 0 Å². The number of aromatic hydroxyl groups is 6. The van der Waals surface area contributed by atoms with Crippen LogP contribution in [0.2, 0.25) is 0 Å². The van der Waals surface area contributed by atoms with E-state index in [1.54, 1.807) is 12.1 Å². The van der Waals surface area contributed by atoms with Gasteiger partial charge in [0.05, 0.1) is 17.1 Å². The number of carbonyl (C=O) groups excluding carboxylic acids is 1. The smallest absolute Gasteiger partial charge is 0.205 e. The summed E-state index contributed by atoms with van der Waals surface area (Å²) in [6.07, 6.45) is -1.92. The molecule has 0 saturated heterocycles. The first-order valence-electron chi connectivity index (χ1n) is 12.2. The molecule has 10 nitrogen and oxygen atoms in total. The van der Waals surface area contributed by atoms with Crippen LogP contribution in [0.1, 0.15) is 33.2 Å². The topological polar surface area (TPSA) is 181 Å².